The van der Waals surface area contributed by atoms with E-state index in [0.717, 1.165) is 0 Å². The normalized spacial score (nSPS) is 17.0. The first-order chi connectivity index (χ1) is 20.3. The van der Waals surface area contributed by atoms with Gasteiger partial charge in [0, 0.05) is 61.5 Å². The largest absolute Gasteiger partial charge is 0.469 e. The Kier molecular flexibility index (Phi) is 10.2. The molecular weight excluding hydrogens is 538 g/mol. The van der Waals surface area contributed by atoms with E-state index >= 15 is 0 Å². The third kappa shape index (κ3) is 6.92. The van der Waals surface area contributed by atoms with Crippen LogP contribution in [0.15, 0.2) is 66.9 Å². The van der Waals surface area contributed by atoms with E-state index in [1.165, 1.54) is 7.11 Å². The molecule has 0 bridgehead atoms. The van der Waals surface area contributed by atoms with Crippen LogP contribution in [0.1, 0.15) is 54.2 Å². The summed E-state index contributed by atoms with van der Waals surface area (Å²) < 4.78 is 6.39. The van der Waals surface area contributed by atoms with Crippen molar-refractivity contribution in [2.24, 2.45) is 5.92 Å². The van der Waals surface area contributed by atoms with E-state index < -0.39 is 17.4 Å². The highest BCUT2D eigenvalue weighted by molar-refractivity contribution is 6.09. The number of rotatable bonds is 14. The number of nitrogens with zero attached hydrogens (tertiary/aromatic N) is 4. The summed E-state index contributed by atoms with van der Waals surface area (Å²) in [5.41, 5.74) is 0.778. The van der Waals surface area contributed by atoms with Crippen LogP contribution in [0.4, 0.5) is 11.4 Å². The number of carbonyl (C=O) groups excluding carboxylic acids is 3. The number of carbonyl (C=O) groups is 3. The highest BCUT2D eigenvalue weighted by atomic mass is 16.5. The number of allylic oxidation sites excluding steroid dienone is 1. The molecule has 0 spiro atoms. The predicted molar refractivity (Wildman–Crippen MR) is 157 cm³/mol. The molecule has 0 aliphatic carbocycles. The van der Waals surface area contributed by atoms with Crippen LogP contribution in [0.5, 0.6) is 0 Å². The summed E-state index contributed by atoms with van der Waals surface area (Å²) >= 11 is 0. The van der Waals surface area contributed by atoms with E-state index in [-0.39, 0.29) is 24.9 Å². The molecule has 11 nitrogen and oxygen atoms in total. The minimum absolute atomic E-state index is 0.00411. The zero-order valence-corrected chi connectivity index (χ0v) is 23.9. The number of unbranched alkanes of at least 4 members (excludes halogenated alkanes) is 1. The molecule has 4 rings (SSSR count). The van der Waals surface area contributed by atoms with Gasteiger partial charge in [0.2, 0.25) is 0 Å². The maximum absolute atomic E-state index is 13.8. The van der Waals surface area contributed by atoms with Crippen molar-refractivity contribution in [3.05, 3.63) is 83.7 Å². The molecule has 2 heterocycles. The summed E-state index contributed by atoms with van der Waals surface area (Å²) in [5.74, 6) is -1.66. The van der Waals surface area contributed by atoms with Gasteiger partial charge >= 0.3 is 5.97 Å². The van der Waals surface area contributed by atoms with Crippen molar-refractivity contribution < 1.29 is 29.3 Å². The SMILES string of the molecule is COC(=O)CCCCN1C(=O)[C@](O)([C@H](C)/C=C/CCn2cc(CCO)nn2)c2cc(NC(=O)c3ccccc3)ccc21. The number of benzene rings is 2. The lowest BCUT2D eigenvalue weighted by molar-refractivity contribution is -0.140. The van der Waals surface area contributed by atoms with Crippen molar-refractivity contribution in [3.8, 4) is 0 Å². The quantitative estimate of drug-likeness (QED) is 0.151. The molecule has 2 atom stereocenters. The molecule has 1 aliphatic rings. The molecule has 0 saturated carbocycles. The first-order valence-electron chi connectivity index (χ1n) is 14.1. The number of aliphatic hydroxyl groups excluding tert-OH is 1. The third-order valence-electron chi connectivity index (χ3n) is 7.37. The lowest BCUT2D eigenvalue weighted by Gasteiger charge is -2.28. The number of nitrogens with one attached hydrogen (secondary N) is 1. The molecule has 1 aromatic heterocycles. The monoisotopic (exact) mass is 575 g/mol. The number of methoxy groups -OCH3 is 1. The van der Waals surface area contributed by atoms with Crippen molar-refractivity contribution >= 4 is 29.2 Å². The zero-order chi connectivity index (χ0) is 30.1. The Hall–Kier alpha value is -4.35. The van der Waals surface area contributed by atoms with Gasteiger partial charge in [0.05, 0.1) is 18.5 Å². The molecule has 3 N–H and O–H groups in total. The van der Waals surface area contributed by atoms with E-state index in [0.29, 0.717) is 67.0 Å². The average Bonchev–Trinajstić information content (AvgIpc) is 3.54. The lowest BCUT2D eigenvalue weighted by Crippen LogP contribution is -2.44. The molecule has 42 heavy (non-hydrogen) atoms. The summed E-state index contributed by atoms with van der Waals surface area (Å²) in [6.45, 7) is 2.65. The number of esters is 1. The van der Waals surface area contributed by atoms with Crippen LogP contribution in [-0.4, -0.2) is 63.3 Å². The van der Waals surface area contributed by atoms with E-state index in [4.69, 9.17) is 9.84 Å². The van der Waals surface area contributed by atoms with Crippen molar-refractivity contribution in [1.82, 2.24) is 15.0 Å². The molecule has 0 unspecified atom stereocenters. The third-order valence-corrected chi connectivity index (χ3v) is 7.37. The van der Waals surface area contributed by atoms with Crippen LogP contribution in [0, 0.1) is 5.92 Å². The van der Waals surface area contributed by atoms with Gasteiger partial charge in [-0.1, -0.05) is 42.5 Å². The van der Waals surface area contributed by atoms with Gasteiger partial charge in [-0.05, 0) is 49.6 Å². The Balaban J connectivity index is 1.53. The maximum Gasteiger partial charge on any atom is 0.305 e. The van der Waals surface area contributed by atoms with Crippen molar-refractivity contribution in [2.75, 3.05) is 30.5 Å². The minimum Gasteiger partial charge on any atom is -0.469 e. The molecule has 0 fully saturated rings. The Labute approximate surface area is 244 Å². The van der Waals surface area contributed by atoms with Gasteiger partial charge in [-0.3, -0.25) is 19.1 Å². The Morgan fingerprint density at radius 1 is 1.14 bits per heavy atom. The van der Waals surface area contributed by atoms with Crippen LogP contribution < -0.4 is 10.2 Å². The zero-order valence-electron chi connectivity index (χ0n) is 23.9. The van der Waals surface area contributed by atoms with Gasteiger partial charge in [0.15, 0.2) is 5.60 Å². The van der Waals surface area contributed by atoms with Crippen LogP contribution in [0.2, 0.25) is 0 Å². The number of amides is 2. The first-order valence-corrected chi connectivity index (χ1v) is 14.1. The van der Waals surface area contributed by atoms with Gasteiger partial charge < -0.3 is 25.2 Å². The van der Waals surface area contributed by atoms with Gasteiger partial charge in [-0.15, -0.1) is 5.10 Å². The number of fused-ring (bicyclic) bond motifs is 1. The first kappa shape index (κ1) is 30.6. The summed E-state index contributed by atoms with van der Waals surface area (Å²) in [6, 6.07) is 13.9. The Bertz CT molecular complexity index is 1420. The number of aryl methyl sites for hydroxylation is 1. The smallest absolute Gasteiger partial charge is 0.305 e. The van der Waals surface area contributed by atoms with E-state index in [1.807, 2.05) is 18.2 Å². The molecule has 11 heteroatoms. The van der Waals surface area contributed by atoms with Crippen molar-refractivity contribution in [2.45, 2.75) is 51.2 Å². The minimum atomic E-state index is -1.86. The van der Waals surface area contributed by atoms with Crippen LogP contribution in [0.25, 0.3) is 0 Å². The topological polar surface area (TPSA) is 147 Å². The fourth-order valence-electron chi connectivity index (χ4n) is 5.00. The fourth-order valence-corrected chi connectivity index (χ4v) is 5.00. The van der Waals surface area contributed by atoms with Crippen LogP contribution in [0.3, 0.4) is 0 Å². The number of hydrogen-bond donors (Lipinski definition) is 3. The Morgan fingerprint density at radius 3 is 2.67 bits per heavy atom. The molecule has 1 aliphatic heterocycles. The van der Waals surface area contributed by atoms with Gasteiger partial charge in [0.25, 0.3) is 11.8 Å². The molecular formula is C31H37N5O6. The molecule has 3 aromatic rings. The van der Waals surface area contributed by atoms with E-state index in [2.05, 4.69) is 15.6 Å². The number of aromatic nitrogens is 3. The molecule has 0 radical (unpaired) electrons. The highest BCUT2D eigenvalue weighted by Crippen LogP contribution is 2.46. The van der Waals surface area contributed by atoms with Gasteiger partial charge in [-0.2, -0.15) is 0 Å². The van der Waals surface area contributed by atoms with Crippen molar-refractivity contribution in [1.29, 1.82) is 0 Å². The summed E-state index contributed by atoms with van der Waals surface area (Å²) in [4.78, 5) is 39.7. The number of ether oxygens (including phenoxy) is 1. The molecule has 2 amide bonds. The fraction of sp³-hybridized carbons (Fsp3) is 0.387. The second-order valence-corrected chi connectivity index (χ2v) is 10.3. The molecule has 0 saturated heterocycles. The van der Waals surface area contributed by atoms with Crippen LogP contribution >= 0.6 is 0 Å². The summed E-state index contributed by atoms with van der Waals surface area (Å²) in [6.07, 6.45) is 7.83. The number of anilines is 2. The van der Waals surface area contributed by atoms with Crippen LogP contribution in [-0.2, 0) is 32.9 Å². The van der Waals surface area contributed by atoms with E-state index in [1.54, 1.807) is 65.2 Å². The molecule has 2 aromatic carbocycles. The predicted octanol–water partition coefficient (Wildman–Crippen LogP) is 3.23. The Morgan fingerprint density at radius 2 is 1.93 bits per heavy atom. The summed E-state index contributed by atoms with van der Waals surface area (Å²) in [5, 5.41) is 32.0. The molecule has 222 valence electrons. The van der Waals surface area contributed by atoms with Gasteiger partial charge in [-0.25, -0.2) is 0 Å². The van der Waals surface area contributed by atoms with Gasteiger partial charge in [0.1, 0.15) is 0 Å². The standard InChI is InChI=1S/C31H37N5O6/c1-22(10-6-8-17-35-21-25(16-19-37)33-34-35)31(41)26-20-24(32-29(39)23-11-4-3-5-12-23)14-15-27(26)36(30(31)40)18-9-7-13-28(38)42-2/h3-6,10-12,14-15,20-22,37,41H,7-9,13,16-19H2,1-2H3,(H,32,39)/b10-6+/t22-,31+/m1/s1. The van der Waals surface area contributed by atoms with E-state index in [9.17, 15) is 19.5 Å². The second-order valence-electron chi connectivity index (χ2n) is 10.3. The second kappa shape index (κ2) is 14.0. The van der Waals surface area contributed by atoms with Crippen molar-refractivity contribution in [3.63, 3.8) is 0 Å². The average molecular weight is 576 g/mol. The summed E-state index contributed by atoms with van der Waals surface area (Å²) in [7, 11) is 1.34. The highest BCUT2D eigenvalue weighted by Gasteiger charge is 2.52. The number of hydrogen-bond acceptors (Lipinski definition) is 8. The number of aliphatic hydroxyl groups is 2. The maximum atomic E-state index is 13.8. The lowest BCUT2D eigenvalue weighted by atomic mass is 9.82.